The average molecular weight is 492 g/mol. The predicted molar refractivity (Wildman–Crippen MR) is 139 cm³/mol. The van der Waals surface area contributed by atoms with E-state index >= 15 is 0 Å². The van der Waals surface area contributed by atoms with Gasteiger partial charge in [0.1, 0.15) is 0 Å². The lowest BCUT2D eigenvalue weighted by Crippen LogP contribution is -2.25. The fourth-order valence-electron chi connectivity index (χ4n) is 3.60. The summed E-state index contributed by atoms with van der Waals surface area (Å²) in [6.07, 6.45) is 4.07. The van der Waals surface area contributed by atoms with Crippen molar-refractivity contribution in [3.05, 3.63) is 82.6 Å². The number of anilines is 1. The van der Waals surface area contributed by atoms with E-state index in [0.29, 0.717) is 22.4 Å². The van der Waals surface area contributed by atoms with Crippen LogP contribution >= 0.6 is 23.4 Å². The van der Waals surface area contributed by atoms with Crippen molar-refractivity contribution < 1.29 is 4.79 Å². The van der Waals surface area contributed by atoms with Gasteiger partial charge in [0.15, 0.2) is 11.0 Å². The average Bonchev–Trinajstić information content (AvgIpc) is 3.25. The minimum absolute atomic E-state index is 0.0681. The smallest absolute Gasteiger partial charge is 0.237 e. The molecule has 0 aliphatic heterocycles. The number of amides is 1. The molecule has 0 radical (unpaired) electrons. The first-order valence-corrected chi connectivity index (χ1v) is 12.3. The fourth-order valence-corrected chi connectivity index (χ4v) is 4.75. The van der Waals surface area contributed by atoms with Crippen LogP contribution in [0.5, 0.6) is 0 Å². The Hall–Kier alpha value is -3.16. The van der Waals surface area contributed by atoms with E-state index in [-0.39, 0.29) is 11.2 Å². The van der Waals surface area contributed by atoms with Crippen LogP contribution in [0.25, 0.3) is 17.1 Å². The van der Waals surface area contributed by atoms with Crippen molar-refractivity contribution in [2.24, 2.45) is 0 Å². The monoisotopic (exact) mass is 491 g/mol. The molecule has 1 amide bonds. The number of benzene rings is 2. The summed E-state index contributed by atoms with van der Waals surface area (Å²) in [6, 6.07) is 15.6. The first-order chi connectivity index (χ1) is 16.4. The SMILES string of the molecule is CC[C@@H](Sc1nnc(-c2ccncc2)n1-c1ccc(C)c(Cl)c1)C(=O)Nc1ccc(C)cc1C. The van der Waals surface area contributed by atoms with E-state index in [1.54, 1.807) is 12.4 Å². The second-order valence-electron chi connectivity index (χ2n) is 8.13. The zero-order chi connectivity index (χ0) is 24.2. The fraction of sp³-hybridized carbons (Fsp3) is 0.231. The summed E-state index contributed by atoms with van der Waals surface area (Å²) in [6.45, 7) is 7.98. The molecule has 0 aliphatic rings. The number of aromatic nitrogens is 4. The van der Waals surface area contributed by atoms with Gasteiger partial charge in [-0.3, -0.25) is 14.3 Å². The van der Waals surface area contributed by atoms with E-state index in [0.717, 1.165) is 33.6 Å². The third-order valence-corrected chi connectivity index (χ3v) is 7.25. The molecule has 2 aromatic heterocycles. The molecule has 4 rings (SSSR count). The number of thioether (sulfide) groups is 1. The van der Waals surface area contributed by atoms with Gasteiger partial charge in [-0.1, -0.05) is 54.0 Å². The summed E-state index contributed by atoms with van der Waals surface area (Å²) in [5, 5.41) is 12.9. The third kappa shape index (κ3) is 5.16. The Kier molecular flexibility index (Phi) is 7.34. The van der Waals surface area contributed by atoms with Crippen molar-refractivity contribution in [3.63, 3.8) is 0 Å². The summed E-state index contributed by atoms with van der Waals surface area (Å²) < 4.78 is 1.94. The van der Waals surface area contributed by atoms with Crippen molar-refractivity contribution in [3.8, 4) is 17.1 Å². The van der Waals surface area contributed by atoms with Crippen molar-refractivity contribution in [2.75, 3.05) is 5.32 Å². The molecule has 34 heavy (non-hydrogen) atoms. The molecule has 8 heteroatoms. The summed E-state index contributed by atoms with van der Waals surface area (Å²) in [5.41, 5.74) is 5.70. The van der Waals surface area contributed by atoms with Gasteiger partial charge in [-0.15, -0.1) is 10.2 Å². The Balaban J connectivity index is 1.69. The zero-order valence-corrected chi connectivity index (χ0v) is 21.1. The molecule has 0 unspecified atom stereocenters. The highest BCUT2D eigenvalue weighted by atomic mass is 35.5. The first kappa shape index (κ1) is 24.0. The number of aryl methyl sites for hydroxylation is 3. The van der Waals surface area contributed by atoms with Crippen LogP contribution in [-0.4, -0.2) is 30.9 Å². The molecule has 1 N–H and O–H groups in total. The van der Waals surface area contributed by atoms with Crippen LogP contribution in [-0.2, 0) is 4.79 Å². The number of carbonyl (C=O) groups excluding carboxylic acids is 1. The molecular formula is C26H26ClN5OS. The maximum atomic E-state index is 13.2. The number of rotatable bonds is 7. The highest BCUT2D eigenvalue weighted by molar-refractivity contribution is 8.00. The quantitative estimate of drug-likeness (QED) is 0.302. The third-order valence-electron chi connectivity index (χ3n) is 5.54. The van der Waals surface area contributed by atoms with Crippen molar-refractivity contribution in [2.45, 2.75) is 44.5 Å². The van der Waals surface area contributed by atoms with Crippen molar-refractivity contribution in [1.29, 1.82) is 0 Å². The van der Waals surface area contributed by atoms with Crippen LogP contribution in [0.1, 0.15) is 30.0 Å². The van der Waals surface area contributed by atoms with Gasteiger partial charge in [0.25, 0.3) is 0 Å². The molecule has 0 spiro atoms. The van der Waals surface area contributed by atoms with Crippen LogP contribution in [0, 0.1) is 20.8 Å². The largest absolute Gasteiger partial charge is 0.325 e. The summed E-state index contributed by atoms with van der Waals surface area (Å²) in [4.78, 5) is 17.3. The summed E-state index contributed by atoms with van der Waals surface area (Å²) in [5.74, 6) is 0.593. The Morgan fingerprint density at radius 2 is 1.79 bits per heavy atom. The van der Waals surface area contributed by atoms with Gasteiger partial charge in [0.05, 0.1) is 10.9 Å². The highest BCUT2D eigenvalue weighted by Crippen LogP contribution is 2.33. The molecule has 1 atom stereocenters. The molecule has 0 aliphatic carbocycles. The molecule has 0 bridgehead atoms. The molecule has 2 aromatic carbocycles. The van der Waals surface area contributed by atoms with Crippen LogP contribution in [0.4, 0.5) is 5.69 Å². The second-order valence-corrected chi connectivity index (χ2v) is 9.71. The van der Waals surface area contributed by atoms with Crippen LogP contribution < -0.4 is 5.32 Å². The topological polar surface area (TPSA) is 72.7 Å². The Bertz CT molecular complexity index is 1320. The second kappa shape index (κ2) is 10.4. The molecule has 174 valence electrons. The van der Waals surface area contributed by atoms with E-state index in [9.17, 15) is 4.79 Å². The lowest BCUT2D eigenvalue weighted by molar-refractivity contribution is -0.115. The molecule has 0 saturated heterocycles. The minimum atomic E-state index is -0.352. The van der Waals surface area contributed by atoms with Crippen LogP contribution in [0.15, 0.2) is 66.1 Å². The first-order valence-electron chi connectivity index (χ1n) is 11.0. The van der Waals surface area contributed by atoms with Gasteiger partial charge in [-0.2, -0.15) is 0 Å². The maximum Gasteiger partial charge on any atom is 0.237 e. The lowest BCUT2D eigenvalue weighted by atomic mass is 10.1. The van der Waals surface area contributed by atoms with E-state index in [1.807, 2.05) is 74.7 Å². The Morgan fingerprint density at radius 1 is 1.03 bits per heavy atom. The highest BCUT2D eigenvalue weighted by Gasteiger charge is 2.24. The van der Waals surface area contributed by atoms with E-state index in [2.05, 4.69) is 26.6 Å². The molecular weight excluding hydrogens is 466 g/mol. The maximum absolute atomic E-state index is 13.2. The normalized spacial score (nSPS) is 11.9. The Labute approximate surface area is 208 Å². The van der Waals surface area contributed by atoms with Crippen molar-refractivity contribution >= 4 is 35.0 Å². The van der Waals surface area contributed by atoms with Gasteiger partial charge in [-0.25, -0.2) is 0 Å². The number of nitrogens with one attached hydrogen (secondary N) is 1. The van der Waals surface area contributed by atoms with Gasteiger partial charge >= 0.3 is 0 Å². The molecule has 6 nitrogen and oxygen atoms in total. The number of pyridine rings is 1. The van der Waals surface area contributed by atoms with Crippen LogP contribution in [0.3, 0.4) is 0 Å². The van der Waals surface area contributed by atoms with Gasteiger partial charge < -0.3 is 5.32 Å². The van der Waals surface area contributed by atoms with E-state index in [4.69, 9.17) is 11.6 Å². The summed E-state index contributed by atoms with van der Waals surface area (Å²) >= 11 is 7.84. The van der Waals surface area contributed by atoms with Gasteiger partial charge in [0, 0.05) is 28.7 Å². The van der Waals surface area contributed by atoms with Crippen LogP contribution in [0.2, 0.25) is 5.02 Å². The molecule has 0 fully saturated rings. The van der Waals surface area contributed by atoms with E-state index in [1.165, 1.54) is 11.8 Å². The standard InChI is InChI=1S/C26H26ClN5OS/c1-5-23(25(33)29-22-9-6-16(2)14-18(22)4)34-26-31-30-24(19-10-12-28-13-11-19)32(26)20-8-7-17(3)21(27)15-20/h6-15,23H,5H2,1-4H3,(H,29,33)/t23-/m1/s1. The summed E-state index contributed by atoms with van der Waals surface area (Å²) in [7, 11) is 0. The number of hydrogen-bond donors (Lipinski definition) is 1. The molecule has 2 heterocycles. The number of nitrogens with zero attached hydrogens (tertiary/aromatic N) is 4. The number of carbonyl (C=O) groups is 1. The predicted octanol–water partition coefficient (Wildman–Crippen LogP) is 6.42. The minimum Gasteiger partial charge on any atom is -0.325 e. The zero-order valence-electron chi connectivity index (χ0n) is 19.5. The molecule has 0 saturated carbocycles. The number of halogens is 1. The Morgan fingerprint density at radius 3 is 2.47 bits per heavy atom. The van der Waals surface area contributed by atoms with Gasteiger partial charge in [-0.05, 0) is 68.7 Å². The molecule has 4 aromatic rings. The van der Waals surface area contributed by atoms with E-state index < -0.39 is 0 Å². The van der Waals surface area contributed by atoms with Gasteiger partial charge in [0.2, 0.25) is 5.91 Å². The number of hydrogen-bond acceptors (Lipinski definition) is 5. The lowest BCUT2D eigenvalue weighted by Gasteiger charge is -2.17. The van der Waals surface area contributed by atoms with Crippen molar-refractivity contribution in [1.82, 2.24) is 19.7 Å².